The lowest BCUT2D eigenvalue weighted by molar-refractivity contribution is 0.415. The molecular weight excluding hydrogens is 212 g/mol. The Morgan fingerprint density at radius 2 is 1.75 bits per heavy atom. The van der Waals surface area contributed by atoms with Crippen molar-refractivity contribution in [2.75, 3.05) is 7.11 Å². The first-order valence-electron chi connectivity index (χ1n) is 5.82. The number of allylic oxidation sites excluding steroid dienone is 1. The van der Waals surface area contributed by atoms with E-state index in [2.05, 4.69) is 44.4 Å². The number of ether oxygens (including phenoxy) is 1. The normalized spacial score (nSPS) is 12.7. The highest BCUT2D eigenvalue weighted by Crippen LogP contribution is 2.23. The smallest absolute Gasteiger partial charge is 0.118 e. The fraction of sp³-hybridized carbons (Fsp3) is 0.429. The summed E-state index contributed by atoms with van der Waals surface area (Å²) in [7, 11) is 0.563. The average Bonchev–Trinajstić information content (AvgIpc) is 2.25. The van der Waals surface area contributed by atoms with Crippen LogP contribution in [0.25, 0.3) is 5.57 Å². The van der Waals surface area contributed by atoms with Gasteiger partial charge in [0.25, 0.3) is 0 Å². The Morgan fingerprint density at radius 1 is 1.19 bits per heavy atom. The van der Waals surface area contributed by atoms with Crippen molar-refractivity contribution in [3.8, 4) is 5.75 Å². The quantitative estimate of drug-likeness (QED) is 0.703. The molecule has 1 nitrogen and oxygen atoms in total. The summed E-state index contributed by atoms with van der Waals surface area (Å²) < 4.78 is 5.17. The highest BCUT2D eigenvalue weighted by Gasteiger charge is 2.11. The molecule has 0 N–H and O–H groups in total. The SMILES string of the molecule is CC/C(=C/[Si](C)(C)C)c1ccc(OC)cc1. The van der Waals surface area contributed by atoms with E-state index in [1.54, 1.807) is 7.11 Å². The predicted molar refractivity (Wildman–Crippen MR) is 74.6 cm³/mol. The lowest BCUT2D eigenvalue weighted by Crippen LogP contribution is -2.16. The van der Waals surface area contributed by atoms with Crippen molar-refractivity contribution < 1.29 is 4.74 Å². The van der Waals surface area contributed by atoms with Crippen molar-refractivity contribution in [2.45, 2.75) is 33.0 Å². The molecule has 0 atom stereocenters. The van der Waals surface area contributed by atoms with E-state index in [0.29, 0.717) is 0 Å². The molecule has 1 aromatic carbocycles. The summed E-state index contributed by atoms with van der Waals surface area (Å²) in [5.74, 6) is 0.923. The molecule has 1 rings (SSSR count). The molecule has 0 bridgehead atoms. The molecule has 2 heteroatoms. The molecule has 1 aromatic rings. The molecule has 0 aliphatic heterocycles. The predicted octanol–water partition coefficient (Wildman–Crippen LogP) is 4.37. The Kier molecular flexibility index (Phi) is 4.36. The molecular formula is C14H22OSi. The van der Waals surface area contributed by atoms with E-state index in [1.165, 1.54) is 11.1 Å². The molecule has 0 heterocycles. The van der Waals surface area contributed by atoms with Crippen LogP contribution in [0.3, 0.4) is 0 Å². The third-order valence-electron chi connectivity index (χ3n) is 2.45. The van der Waals surface area contributed by atoms with Crippen LogP contribution in [0, 0.1) is 0 Å². The number of hydrogen-bond acceptors (Lipinski definition) is 1. The Morgan fingerprint density at radius 3 is 2.12 bits per heavy atom. The van der Waals surface area contributed by atoms with Gasteiger partial charge in [0, 0.05) is 0 Å². The highest BCUT2D eigenvalue weighted by atomic mass is 28.3. The maximum absolute atomic E-state index is 5.17. The van der Waals surface area contributed by atoms with E-state index in [-0.39, 0.29) is 0 Å². The van der Waals surface area contributed by atoms with Gasteiger partial charge in [-0.25, -0.2) is 0 Å². The van der Waals surface area contributed by atoms with Gasteiger partial charge in [0.2, 0.25) is 0 Å². The van der Waals surface area contributed by atoms with Gasteiger partial charge in [0.1, 0.15) is 5.75 Å². The molecule has 0 aromatic heterocycles. The van der Waals surface area contributed by atoms with Crippen LogP contribution in [0.2, 0.25) is 19.6 Å². The monoisotopic (exact) mass is 234 g/mol. The summed E-state index contributed by atoms with van der Waals surface area (Å²) in [6, 6.07) is 8.36. The largest absolute Gasteiger partial charge is 0.497 e. The molecule has 16 heavy (non-hydrogen) atoms. The number of rotatable bonds is 4. The lowest BCUT2D eigenvalue weighted by atomic mass is 10.1. The fourth-order valence-corrected chi connectivity index (χ4v) is 3.13. The standard InChI is InChI=1S/C14H22OSi/c1-6-12(11-16(3,4)5)13-7-9-14(15-2)10-8-13/h7-11H,6H2,1-5H3/b12-11-. The van der Waals surface area contributed by atoms with Crippen LogP contribution in [0.5, 0.6) is 5.75 Å². The van der Waals surface area contributed by atoms with Crippen LogP contribution in [0.4, 0.5) is 0 Å². The van der Waals surface area contributed by atoms with Gasteiger partial charge in [0.15, 0.2) is 0 Å². The second kappa shape index (κ2) is 5.35. The first-order chi connectivity index (χ1) is 7.46. The van der Waals surface area contributed by atoms with Crippen molar-refractivity contribution in [2.24, 2.45) is 0 Å². The summed E-state index contributed by atoms with van der Waals surface area (Å²) in [6.07, 6.45) is 1.09. The molecule has 0 aliphatic rings. The number of hydrogen-bond donors (Lipinski definition) is 0. The first-order valence-corrected chi connectivity index (χ1v) is 9.40. The maximum Gasteiger partial charge on any atom is 0.118 e. The molecule has 0 fully saturated rings. The maximum atomic E-state index is 5.17. The Bertz CT molecular complexity index is 357. The highest BCUT2D eigenvalue weighted by molar-refractivity contribution is 6.81. The number of benzene rings is 1. The van der Waals surface area contributed by atoms with Crippen LogP contribution in [-0.2, 0) is 0 Å². The van der Waals surface area contributed by atoms with E-state index in [0.717, 1.165) is 12.2 Å². The van der Waals surface area contributed by atoms with Crippen LogP contribution >= 0.6 is 0 Å². The Labute approximate surface area is 100 Å². The van der Waals surface area contributed by atoms with Crippen LogP contribution < -0.4 is 4.74 Å². The molecule has 88 valence electrons. The van der Waals surface area contributed by atoms with Gasteiger partial charge < -0.3 is 4.74 Å². The molecule has 0 radical (unpaired) electrons. The molecule has 0 amide bonds. The second-order valence-corrected chi connectivity index (χ2v) is 10.1. The van der Waals surface area contributed by atoms with Gasteiger partial charge in [-0.1, -0.05) is 44.4 Å². The van der Waals surface area contributed by atoms with Gasteiger partial charge in [0.05, 0.1) is 15.2 Å². The lowest BCUT2D eigenvalue weighted by Gasteiger charge is -2.14. The zero-order chi connectivity index (χ0) is 12.2. The second-order valence-electron chi connectivity index (χ2n) is 5.12. The molecule has 0 saturated heterocycles. The van der Waals surface area contributed by atoms with Crippen LogP contribution in [0.1, 0.15) is 18.9 Å². The van der Waals surface area contributed by atoms with Gasteiger partial charge >= 0.3 is 0 Å². The number of methoxy groups -OCH3 is 1. The van der Waals surface area contributed by atoms with Crippen molar-refractivity contribution in [1.82, 2.24) is 0 Å². The van der Waals surface area contributed by atoms with E-state index in [9.17, 15) is 0 Å². The molecule has 0 saturated carbocycles. The van der Waals surface area contributed by atoms with E-state index < -0.39 is 8.07 Å². The van der Waals surface area contributed by atoms with E-state index >= 15 is 0 Å². The van der Waals surface area contributed by atoms with Crippen LogP contribution in [0.15, 0.2) is 30.0 Å². The minimum atomic E-state index is -1.14. The minimum Gasteiger partial charge on any atom is -0.497 e. The third kappa shape index (κ3) is 3.85. The molecule has 0 spiro atoms. The topological polar surface area (TPSA) is 9.23 Å². The molecule has 0 unspecified atom stereocenters. The zero-order valence-electron chi connectivity index (χ0n) is 11.0. The van der Waals surface area contributed by atoms with Crippen molar-refractivity contribution in [1.29, 1.82) is 0 Å². The van der Waals surface area contributed by atoms with Gasteiger partial charge in [-0.05, 0) is 29.7 Å². The Hall–Kier alpha value is -1.02. The Balaban J connectivity index is 3.00. The van der Waals surface area contributed by atoms with Crippen molar-refractivity contribution in [3.05, 3.63) is 35.5 Å². The summed E-state index contributed by atoms with van der Waals surface area (Å²) in [5, 5.41) is 0. The van der Waals surface area contributed by atoms with E-state index in [1.807, 2.05) is 12.1 Å². The average molecular weight is 234 g/mol. The fourth-order valence-electron chi connectivity index (χ4n) is 1.72. The van der Waals surface area contributed by atoms with Gasteiger partial charge in [-0.3, -0.25) is 0 Å². The zero-order valence-corrected chi connectivity index (χ0v) is 12.0. The van der Waals surface area contributed by atoms with Crippen molar-refractivity contribution in [3.63, 3.8) is 0 Å². The summed E-state index contributed by atoms with van der Waals surface area (Å²) in [5.41, 5.74) is 5.27. The van der Waals surface area contributed by atoms with E-state index in [4.69, 9.17) is 4.74 Å². The summed E-state index contributed by atoms with van der Waals surface area (Å²) in [4.78, 5) is 0. The van der Waals surface area contributed by atoms with Crippen molar-refractivity contribution >= 4 is 13.6 Å². The first kappa shape index (κ1) is 13.0. The summed E-state index contributed by atoms with van der Waals surface area (Å²) >= 11 is 0. The van der Waals surface area contributed by atoms with Gasteiger partial charge in [-0.15, -0.1) is 0 Å². The van der Waals surface area contributed by atoms with Crippen LogP contribution in [-0.4, -0.2) is 15.2 Å². The molecule has 0 aliphatic carbocycles. The summed E-state index contributed by atoms with van der Waals surface area (Å²) in [6.45, 7) is 9.32. The van der Waals surface area contributed by atoms with Gasteiger partial charge in [-0.2, -0.15) is 0 Å². The minimum absolute atomic E-state index is 0.923. The third-order valence-corrected chi connectivity index (χ3v) is 3.66.